The molecule has 0 spiro atoms. The fourth-order valence-electron chi connectivity index (χ4n) is 2.41. The fourth-order valence-corrected chi connectivity index (χ4v) is 3.61. The van der Waals surface area contributed by atoms with Gasteiger partial charge in [-0.3, -0.25) is 4.79 Å². The maximum atomic E-state index is 11.9. The van der Waals surface area contributed by atoms with E-state index in [9.17, 15) is 4.79 Å². The van der Waals surface area contributed by atoms with Gasteiger partial charge in [0.2, 0.25) is 5.91 Å². The van der Waals surface area contributed by atoms with Gasteiger partial charge in [0.25, 0.3) is 0 Å². The third kappa shape index (κ3) is 5.81. The van der Waals surface area contributed by atoms with E-state index in [2.05, 4.69) is 26.1 Å². The average molecular weight is 295 g/mol. The van der Waals surface area contributed by atoms with Crippen molar-refractivity contribution in [3.63, 3.8) is 0 Å². The molecule has 1 fully saturated rings. The molecule has 0 saturated heterocycles. The highest BCUT2D eigenvalue weighted by Gasteiger charge is 2.29. The van der Waals surface area contributed by atoms with E-state index in [0.717, 1.165) is 18.6 Å². The summed E-state index contributed by atoms with van der Waals surface area (Å²) in [6.07, 6.45) is 4.33. The smallest absolute Gasteiger partial charge is 0.237 e. The van der Waals surface area contributed by atoms with Crippen LogP contribution in [0, 0.1) is 5.92 Å². The summed E-state index contributed by atoms with van der Waals surface area (Å²) in [5.74, 6) is 1.63. The Morgan fingerprint density at radius 1 is 1.44 bits per heavy atom. The lowest BCUT2D eigenvalue weighted by Gasteiger charge is -2.22. The fraction of sp³-hybridized carbons (Fsp3) is 0.923. The first kappa shape index (κ1) is 18.1. The lowest BCUT2D eigenvalue weighted by molar-refractivity contribution is -0.123. The molecule has 1 aliphatic rings. The minimum atomic E-state index is -0.345. The summed E-state index contributed by atoms with van der Waals surface area (Å²) in [5.41, 5.74) is 5.90. The zero-order valence-corrected chi connectivity index (χ0v) is 13.3. The normalized spacial score (nSPS) is 24.7. The summed E-state index contributed by atoms with van der Waals surface area (Å²) in [5, 5.41) is 3.73. The van der Waals surface area contributed by atoms with E-state index >= 15 is 0 Å². The molecule has 0 aromatic rings. The number of rotatable bonds is 6. The molecule has 0 radical (unpaired) electrons. The lowest BCUT2D eigenvalue weighted by Crippen LogP contribution is -2.47. The highest BCUT2D eigenvalue weighted by molar-refractivity contribution is 7.99. The van der Waals surface area contributed by atoms with E-state index in [1.165, 1.54) is 12.8 Å². The molecule has 1 aliphatic carbocycles. The minimum Gasteiger partial charge on any atom is -0.351 e. The topological polar surface area (TPSA) is 55.1 Å². The molecule has 0 aromatic heterocycles. The molecule has 0 aliphatic heterocycles. The van der Waals surface area contributed by atoms with E-state index in [1.54, 1.807) is 0 Å². The number of nitrogens with one attached hydrogen (secondary N) is 1. The van der Waals surface area contributed by atoms with Crippen molar-refractivity contribution >= 4 is 30.1 Å². The van der Waals surface area contributed by atoms with E-state index in [0.29, 0.717) is 17.2 Å². The zero-order chi connectivity index (χ0) is 12.8. The molecule has 2 unspecified atom stereocenters. The Morgan fingerprint density at radius 2 is 2.11 bits per heavy atom. The van der Waals surface area contributed by atoms with Gasteiger partial charge in [0.1, 0.15) is 0 Å². The molecule has 1 rings (SSSR count). The van der Waals surface area contributed by atoms with E-state index in [4.69, 9.17) is 5.73 Å². The second-order valence-electron chi connectivity index (χ2n) is 5.28. The molecule has 3 nitrogen and oxygen atoms in total. The quantitative estimate of drug-likeness (QED) is 0.792. The largest absolute Gasteiger partial charge is 0.351 e. The summed E-state index contributed by atoms with van der Waals surface area (Å²) < 4.78 is 0. The Morgan fingerprint density at radius 3 is 2.67 bits per heavy atom. The van der Waals surface area contributed by atoms with E-state index in [-0.39, 0.29) is 24.4 Å². The Hall–Kier alpha value is 0.0700. The monoisotopic (exact) mass is 294 g/mol. The van der Waals surface area contributed by atoms with Crippen molar-refractivity contribution in [3.8, 4) is 0 Å². The van der Waals surface area contributed by atoms with Gasteiger partial charge in [-0.05, 0) is 30.9 Å². The van der Waals surface area contributed by atoms with Crippen LogP contribution in [0.1, 0.15) is 46.5 Å². The molecule has 18 heavy (non-hydrogen) atoms. The molecule has 5 heteroatoms. The Balaban J connectivity index is 0.00000289. The molecule has 1 saturated carbocycles. The van der Waals surface area contributed by atoms with Crippen molar-refractivity contribution in [1.82, 2.24) is 5.32 Å². The highest BCUT2D eigenvalue weighted by Crippen LogP contribution is 2.29. The summed E-state index contributed by atoms with van der Waals surface area (Å²) in [6.45, 7) is 6.36. The lowest BCUT2D eigenvalue weighted by atomic mass is 10.0. The van der Waals surface area contributed by atoms with E-state index in [1.807, 2.05) is 11.8 Å². The van der Waals surface area contributed by atoms with Crippen molar-refractivity contribution < 1.29 is 4.79 Å². The van der Waals surface area contributed by atoms with Crippen LogP contribution in [0.2, 0.25) is 0 Å². The van der Waals surface area contributed by atoms with Gasteiger partial charge >= 0.3 is 0 Å². The molecule has 0 heterocycles. The Bertz CT molecular complexity index is 251. The first-order chi connectivity index (χ1) is 8.04. The van der Waals surface area contributed by atoms with Gasteiger partial charge < -0.3 is 11.1 Å². The van der Waals surface area contributed by atoms with Crippen LogP contribution in [0.5, 0.6) is 0 Å². The van der Waals surface area contributed by atoms with Crippen LogP contribution in [0.4, 0.5) is 0 Å². The molecular weight excluding hydrogens is 268 g/mol. The van der Waals surface area contributed by atoms with Crippen molar-refractivity contribution in [2.24, 2.45) is 11.7 Å². The minimum absolute atomic E-state index is 0. The zero-order valence-electron chi connectivity index (χ0n) is 11.6. The van der Waals surface area contributed by atoms with Crippen molar-refractivity contribution in [1.29, 1.82) is 0 Å². The van der Waals surface area contributed by atoms with Crippen LogP contribution in [-0.2, 0) is 4.79 Å². The number of nitrogens with two attached hydrogens (primary N) is 1. The number of thioether (sulfide) groups is 1. The number of hydrogen-bond acceptors (Lipinski definition) is 3. The summed E-state index contributed by atoms with van der Waals surface area (Å²) in [4.78, 5) is 11.9. The third-order valence-electron chi connectivity index (χ3n) is 3.22. The molecule has 0 bridgehead atoms. The van der Waals surface area contributed by atoms with Crippen LogP contribution < -0.4 is 11.1 Å². The summed E-state index contributed by atoms with van der Waals surface area (Å²) in [7, 11) is 0. The molecule has 0 aromatic carbocycles. The van der Waals surface area contributed by atoms with Gasteiger partial charge in [-0.1, -0.05) is 27.2 Å². The number of hydrogen-bond donors (Lipinski definition) is 2. The highest BCUT2D eigenvalue weighted by atomic mass is 35.5. The van der Waals surface area contributed by atoms with Crippen LogP contribution in [-0.4, -0.2) is 29.0 Å². The van der Waals surface area contributed by atoms with Crippen LogP contribution in [0.25, 0.3) is 0 Å². The van der Waals surface area contributed by atoms with Crippen molar-refractivity contribution in [3.05, 3.63) is 0 Å². The summed E-state index contributed by atoms with van der Waals surface area (Å²) >= 11 is 1.96. The maximum absolute atomic E-state index is 11.9. The van der Waals surface area contributed by atoms with E-state index < -0.39 is 0 Å². The van der Waals surface area contributed by atoms with Gasteiger partial charge in [0.05, 0.1) is 6.04 Å². The SMILES string of the molecule is CCSC1CCCC1NC(=O)[C@@H](N)CC(C)C.Cl. The number of carbonyl (C=O) groups is 1. The first-order valence-electron chi connectivity index (χ1n) is 6.72. The number of halogens is 1. The molecule has 3 atom stereocenters. The molecule has 108 valence electrons. The van der Waals surface area contributed by atoms with Crippen LogP contribution in [0.3, 0.4) is 0 Å². The third-order valence-corrected chi connectivity index (χ3v) is 4.55. The average Bonchev–Trinajstić information content (AvgIpc) is 2.65. The van der Waals surface area contributed by atoms with Crippen molar-refractivity contribution in [2.45, 2.75) is 63.8 Å². The van der Waals surface area contributed by atoms with Crippen LogP contribution >= 0.6 is 24.2 Å². The van der Waals surface area contributed by atoms with Gasteiger partial charge in [0, 0.05) is 11.3 Å². The van der Waals surface area contributed by atoms with Gasteiger partial charge in [-0.25, -0.2) is 0 Å². The Labute approximate surface area is 121 Å². The van der Waals surface area contributed by atoms with Crippen LogP contribution in [0.15, 0.2) is 0 Å². The second-order valence-corrected chi connectivity index (χ2v) is 6.79. The molecular formula is C13H27ClN2OS. The predicted octanol–water partition coefficient (Wildman–Crippen LogP) is 2.57. The van der Waals surface area contributed by atoms with Gasteiger partial charge in [-0.2, -0.15) is 11.8 Å². The van der Waals surface area contributed by atoms with Crippen molar-refractivity contribution in [2.75, 3.05) is 5.75 Å². The molecule has 3 N–H and O–H groups in total. The summed E-state index contributed by atoms with van der Waals surface area (Å²) in [6, 6.07) is -0.00598. The Kier molecular flexibility index (Phi) is 9.09. The van der Waals surface area contributed by atoms with Gasteiger partial charge in [0.15, 0.2) is 0 Å². The number of carbonyl (C=O) groups excluding carboxylic acids is 1. The number of amides is 1. The molecule has 1 amide bonds. The predicted molar refractivity (Wildman–Crippen MR) is 82.4 cm³/mol. The maximum Gasteiger partial charge on any atom is 0.237 e. The second kappa shape index (κ2) is 9.05. The standard InChI is InChI=1S/C13H26N2OS.ClH/c1-4-17-12-7-5-6-11(12)15-13(16)10(14)8-9(2)3;/h9-12H,4-8,14H2,1-3H3,(H,15,16);1H/t10-,11?,12?;/m0./s1. The van der Waals surface area contributed by atoms with Gasteiger partial charge in [-0.15, -0.1) is 12.4 Å². The first-order valence-corrected chi connectivity index (χ1v) is 7.77.